The molecular weight excluding hydrogens is 502 g/mol. The number of hydrogen-bond acceptors (Lipinski definition) is 4. The molecule has 0 fully saturated rings. The summed E-state index contributed by atoms with van der Waals surface area (Å²) in [6.45, 7) is 4.31. The SMILES string of the molecule is CN=C(NCc1ccc(OC)c(NC(C)=O)c1)NCC(C)Oc1cccc(F)c1.I. The maximum atomic E-state index is 13.2. The Morgan fingerprint density at radius 2 is 1.97 bits per heavy atom. The van der Waals surface area contributed by atoms with E-state index in [1.54, 1.807) is 32.4 Å². The van der Waals surface area contributed by atoms with Crippen molar-refractivity contribution in [2.75, 3.05) is 26.0 Å². The van der Waals surface area contributed by atoms with Crippen molar-refractivity contribution in [3.05, 3.63) is 53.8 Å². The summed E-state index contributed by atoms with van der Waals surface area (Å²) < 4.78 is 24.2. The Morgan fingerprint density at radius 1 is 1.20 bits per heavy atom. The number of nitrogens with zero attached hydrogens (tertiary/aromatic N) is 1. The van der Waals surface area contributed by atoms with Crippen LogP contribution in [0.3, 0.4) is 0 Å². The lowest BCUT2D eigenvalue weighted by Crippen LogP contribution is -2.41. The highest BCUT2D eigenvalue weighted by atomic mass is 127. The number of carbonyl (C=O) groups is 1. The topological polar surface area (TPSA) is 84.0 Å². The Bertz CT molecular complexity index is 864. The van der Waals surface area contributed by atoms with Gasteiger partial charge in [-0.3, -0.25) is 9.79 Å². The molecule has 2 aromatic rings. The molecule has 0 heterocycles. The van der Waals surface area contributed by atoms with E-state index in [2.05, 4.69) is 20.9 Å². The molecule has 0 spiro atoms. The number of anilines is 1. The highest BCUT2D eigenvalue weighted by Gasteiger charge is 2.09. The number of benzene rings is 2. The summed E-state index contributed by atoms with van der Waals surface area (Å²) in [5.41, 5.74) is 1.56. The van der Waals surface area contributed by atoms with E-state index in [0.717, 1.165) is 5.56 Å². The van der Waals surface area contributed by atoms with Gasteiger partial charge in [-0.15, -0.1) is 24.0 Å². The van der Waals surface area contributed by atoms with Crippen LogP contribution in [0.1, 0.15) is 19.4 Å². The van der Waals surface area contributed by atoms with Crippen molar-refractivity contribution in [2.45, 2.75) is 26.5 Å². The number of aliphatic imine (C=N–C) groups is 1. The van der Waals surface area contributed by atoms with E-state index < -0.39 is 0 Å². The Hall–Kier alpha value is -2.56. The van der Waals surface area contributed by atoms with Gasteiger partial charge in [0.2, 0.25) is 5.91 Å². The van der Waals surface area contributed by atoms with Gasteiger partial charge in [-0.2, -0.15) is 0 Å². The van der Waals surface area contributed by atoms with E-state index in [-0.39, 0.29) is 41.8 Å². The first-order valence-corrected chi connectivity index (χ1v) is 9.22. The molecule has 0 aliphatic heterocycles. The Kier molecular flexibility index (Phi) is 10.9. The number of carbonyl (C=O) groups excluding carboxylic acids is 1. The molecular formula is C21H28FIN4O3. The monoisotopic (exact) mass is 530 g/mol. The molecule has 1 unspecified atom stereocenters. The van der Waals surface area contributed by atoms with Gasteiger partial charge in [0.1, 0.15) is 23.4 Å². The van der Waals surface area contributed by atoms with E-state index in [9.17, 15) is 9.18 Å². The quantitative estimate of drug-likeness (QED) is 0.276. The Morgan fingerprint density at radius 3 is 2.60 bits per heavy atom. The lowest BCUT2D eigenvalue weighted by molar-refractivity contribution is -0.114. The van der Waals surface area contributed by atoms with Crippen molar-refractivity contribution in [1.29, 1.82) is 0 Å². The predicted octanol–water partition coefficient (Wildman–Crippen LogP) is 3.54. The molecule has 0 aliphatic carbocycles. The van der Waals surface area contributed by atoms with Crippen LogP contribution in [0.5, 0.6) is 11.5 Å². The van der Waals surface area contributed by atoms with Crippen LogP contribution >= 0.6 is 24.0 Å². The van der Waals surface area contributed by atoms with Crippen molar-refractivity contribution < 1.29 is 18.7 Å². The standard InChI is InChI=1S/C21H27FN4O3.HI/c1-14(29-18-7-5-6-17(22)11-18)12-24-21(23-3)25-13-16-8-9-20(28-4)19(10-16)26-15(2)27;/h5-11,14H,12-13H2,1-4H3,(H,26,27)(H2,23,24,25);1H. The minimum Gasteiger partial charge on any atom is -0.495 e. The molecule has 0 radical (unpaired) electrons. The second kappa shape index (κ2) is 12.9. The molecule has 0 saturated heterocycles. The average Bonchev–Trinajstić information content (AvgIpc) is 2.68. The third-order valence-electron chi connectivity index (χ3n) is 3.95. The maximum absolute atomic E-state index is 13.2. The maximum Gasteiger partial charge on any atom is 0.221 e. The van der Waals surface area contributed by atoms with Crippen LogP contribution in [0.25, 0.3) is 0 Å². The molecule has 2 aromatic carbocycles. The number of hydrogen-bond donors (Lipinski definition) is 3. The summed E-state index contributed by atoms with van der Waals surface area (Å²) in [5.74, 6) is 1.16. The van der Waals surface area contributed by atoms with Gasteiger partial charge in [0.25, 0.3) is 0 Å². The zero-order valence-corrected chi connectivity index (χ0v) is 19.8. The van der Waals surface area contributed by atoms with Crippen LogP contribution in [0.2, 0.25) is 0 Å². The Labute approximate surface area is 193 Å². The third kappa shape index (κ3) is 8.44. The van der Waals surface area contributed by atoms with Crippen LogP contribution in [0.4, 0.5) is 10.1 Å². The first-order valence-electron chi connectivity index (χ1n) is 9.22. The van der Waals surface area contributed by atoms with Gasteiger partial charge in [0.15, 0.2) is 5.96 Å². The van der Waals surface area contributed by atoms with E-state index in [1.165, 1.54) is 19.1 Å². The number of methoxy groups -OCH3 is 1. The number of nitrogens with one attached hydrogen (secondary N) is 3. The fraction of sp³-hybridized carbons (Fsp3) is 0.333. The van der Waals surface area contributed by atoms with Gasteiger partial charge in [0, 0.05) is 26.6 Å². The smallest absolute Gasteiger partial charge is 0.221 e. The fourth-order valence-corrected chi connectivity index (χ4v) is 2.61. The highest BCUT2D eigenvalue weighted by molar-refractivity contribution is 14.0. The molecule has 30 heavy (non-hydrogen) atoms. The Balaban J connectivity index is 0.00000450. The van der Waals surface area contributed by atoms with Crippen molar-refractivity contribution in [1.82, 2.24) is 10.6 Å². The predicted molar refractivity (Wildman–Crippen MR) is 127 cm³/mol. The summed E-state index contributed by atoms with van der Waals surface area (Å²) in [6, 6.07) is 11.6. The van der Waals surface area contributed by atoms with E-state index in [4.69, 9.17) is 9.47 Å². The van der Waals surface area contributed by atoms with Gasteiger partial charge in [-0.25, -0.2) is 4.39 Å². The third-order valence-corrected chi connectivity index (χ3v) is 3.95. The number of amides is 1. The second-order valence-corrected chi connectivity index (χ2v) is 6.41. The number of ether oxygens (including phenoxy) is 2. The van der Waals surface area contributed by atoms with Gasteiger partial charge in [-0.05, 0) is 36.8 Å². The summed E-state index contributed by atoms with van der Waals surface area (Å²) in [6.07, 6.45) is -0.192. The van der Waals surface area contributed by atoms with Crippen LogP contribution in [-0.4, -0.2) is 38.7 Å². The van der Waals surface area contributed by atoms with Crippen LogP contribution in [0, 0.1) is 5.82 Å². The second-order valence-electron chi connectivity index (χ2n) is 6.41. The summed E-state index contributed by atoms with van der Waals surface area (Å²) in [5, 5.41) is 9.12. The van der Waals surface area contributed by atoms with Gasteiger partial charge < -0.3 is 25.4 Å². The van der Waals surface area contributed by atoms with Crippen LogP contribution in [-0.2, 0) is 11.3 Å². The zero-order valence-electron chi connectivity index (χ0n) is 17.5. The molecule has 164 valence electrons. The van der Waals surface area contributed by atoms with Gasteiger partial charge in [-0.1, -0.05) is 12.1 Å². The van der Waals surface area contributed by atoms with Crippen molar-refractivity contribution >= 4 is 41.5 Å². The molecule has 0 bridgehead atoms. The lowest BCUT2D eigenvalue weighted by Gasteiger charge is -2.18. The normalized spacial score (nSPS) is 11.7. The van der Waals surface area contributed by atoms with Crippen molar-refractivity contribution in [2.24, 2.45) is 4.99 Å². The van der Waals surface area contributed by atoms with Crippen LogP contribution in [0.15, 0.2) is 47.5 Å². The van der Waals surface area contributed by atoms with Gasteiger partial charge in [0.05, 0.1) is 19.3 Å². The number of rotatable bonds is 8. The van der Waals surface area contributed by atoms with E-state index in [0.29, 0.717) is 36.2 Å². The first kappa shape index (κ1) is 25.5. The fourth-order valence-electron chi connectivity index (χ4n) is 2.61. The number of guanidine groups is 1. The minimum atomic E-state index is -0.335. The summed E-state index contributed by atoms with van der Waals surface area (Å²) in [7, 11) is 3.22. The molecule has 3 N–H and O–H groups in total. The zero-order chi connectivity index (χ0) is 21.2. The van der Waals surface area contributed by atoms with Gasteiger partial charge >= 0.3 is 0 Å². The average molecular weight is 530 g/mol. The molecule has 7 nitrogen and oxygen atoms in total. The molecule has 2 rings (SSSR count). The summed E-state index contributed by atoms with van der Waals surface area (Å²) >= 11 is 0. The van der Waals surface area contributed by atoms with Crippen molar-refractivity contribution in [3.63, 3.8) is 0 Å². The molecule has 0 aromatic heterocycles. The molecule has 1 atom stereocenters. The minimum absolute atomic E-state index is 0. The first-order chi connectivity index (χ1) is 13.9. The summed E-state index contributed by atoms with van der Waals surface area (Å²) in [4.78, 5) is 15.5. The van der Waals surface area contributed by atoms with Crippen LogP contribution < -0.4 is 25.4 Å². The number of halogens is 2. The lowest BCUT2D eigenvalue weighted by atomic mass is 10.2. The molecule has 0 saturated carbocycles. The van der Waals surface area contributed by atoms with Crippen molar-refractivity contribution in [3.8, 4) is 11.5 Å². The van der Waals surface area contributed by atoms with E-state index in [1.807, 2.05) is 19.1 Å². The molecule has 9 heteroatoms. The molecule has 0 aliphatic rings. The highest BCUT2D eigenvalue weighted by Crippen LogP contribution is 2.25. The van der Waals surface area contributed by atoms with E-state index >= 15 is 0 Å². The largest absolute Gasteiger partial charge is 0.495 e. The molecule has 1 amide bonds.